The molecule has 0 aromatic rings. The summed E-state index contributed by atoms with van der Waals surface area (Å²) >= 11 is 0. The molecule has 0 aromatic heterocycles. The zero-order valence-corrected chi connectivity index (χ0v) is 39.6. The van der Waals surface area contributed by atoms with Crippen LogP contribution in [0.3, 0.4) is 0 Å². The Morgan fingerprint density at radius 1 is 0.508 bits per heavy atom. The van der Waals surface area contributed by atoms with E-state index in [1.165, 1.54) is 186 Å². The van der Waals surface area contributed by atoms with Gasteiger partial charge in [0.05, 0.1) is 26.4 Å². The molecule has 0 aliphatic carbocycles. The molecule has 3 N–H and O–H groups in total. The number of carbonyl (C=O) groups excluding carboxylic acids is 1. The summed E-state index contributed by atoms with van der Waals surface area (Å²) in [5.74, 6) is -0.378. The Morgan fingerprint density at radius 3 is 1.27 bits per heavy atom. The van der Waals surface area contributed by atoms with Crippen LogP contribution in [0.1, 0.15) is 251 Å². The third-order valence-corrected chi connectivity index (χ3v) is 12.2. The molecule has 0 fully saturated rings. The number of allylic oxidation sites excluding steroid dienone is 2. The van der Waals surface area contributed by atoms with Crippen LogP contribution in [-0.2, 0) is 27.9 Å². The molecule has 0 saturated heterocycles. The van der Waals surface area contributed by atoms with Crippen molar-refractivity contribution in [3.05, 3.63) is 12.2 Å². The minimum absolute atomic E-state index is 0.0510. The zero-order chi connectivity index (χ0) is 43.2. The number of hydrogen-bond acceptors (Lipinski definition) is 8. The van der Waals surface area contributed by atoms with Gasteiger partial charge < -0.3 is 24.6 Å². The summed E-state index contributed by atoms with van der Waals surface area (Å²) in [5, 5.41) is 18.4. The minimum atomic E-state index is -4.52. The van der Waals surface area contributed by atoms with E-state index in [0.29, 0.717) is 6.61 Å². The summed E-state index contributed by atoms with van der Waals surface area (Å²) in [6, 6.07) is 0. The highest BCUT2D eigenvalue weighted by Gasteiger charge is 2.26. The maximum atomic E-state index is 12.7. The number of aliphatic hydroxyl groups is 2. The first-order valence-corrected chi connectivity index (χ1v) is 26.7. The molecule has 0 bridgehead atoms. The van der Waals surface area contributed by atoms with E-state index in [1.54, 1.807) is 0 Å². The molecule has 0 heterocycles. The molecule has 9 nitrogen and oxygen atoms in total. The maximum Gasteiger partial charge on any atom is 0.472 e. The van der Waals surface area contributed by atoms with Crippen molar-refractivity contribution in [3.8, 4) is 0 Å². The van der Waals surface area contributed by atoms with E-state index in [-0.39, 0.29) is 25.6 Å². The van der Waals surface area contributed by atoms with Gasteiger partial charge in [-0.25, -0.2) is 4.57 Å². The van der Waals surface area contributed by atoms with Gasteiger partial charge in [0.2, 0.25) is 0 Å². The number of aliphatic hydroxyl groups excluding tert-OH is 2. The molecule has 0 aromatic carbocycles. The second-order valence-electron chi connectivity index (χ2n) is 17.2. The number of ether oxygens (including phenoxy) is 2. The van der Waals surface area contributed by atoms with Gasteiger partial charge in [-0.1, -0.05) is 219 Å². The van der Waals surface area contributed by atoms with Crippen molar-refractivity contribution in [1.82, 2.24) is 0 Å². The molecule has 0 amide bonds. The lowest BCUT2D eigenvalue weighted by atomic mass is 10.0. The van der Waals surface area contributed by atoms with Crippen LogP contribution in [-0.4, -0.2) is 66.3 Å². The number of phosphoric acid groups is 1. The molecule has 0 radical (unpaired) electrons. The molecule has 0 rings (SSSR count). The molecular formula is C49H97O9P. The van der Waals surface area contributed by atoms with Gasteiger partial charge in [0.1, 0.15) is 12.2 Å². The molecule has 352 valence electrons. The maximum absolute atomic E-state index is 12.7. The standard InChI is InChI=1S/C49H97O9P/c1-3-5-7-9-11-13-15-17-19-21-22-23-24-25-26-27-29-31-33-35-37-39-41-49(52)58-48(46-57-59(53,54)56-44-47(51)43-50)45-55-42-40-38-36-34-32-30-28-20-18-16-14-12-10-8-6-4-2/h18,20,47-48,50-51H,3-17,19,21-46H2,1-2H3,(H,53,54)/b20-18-. The fourth-order valence-electron chi connectivity index (χ4n) is 7.35. The lowest BCUT2D eigenvalue weighted by Crippen LogP contribution is -2.29. The Balaban J connectivity index is 4.03. The van der Waals surface area contributed by atoms with Gasteiger partial charge >= 0.3 is 13.8 Å². The van der Waals surface area contributed by atoms with Crippen LogP contribution in [0.15, 0.2) is 12.2 Å². The molecule has 3 unspecified atom stereocenters. The van der Waals surface area contributed by atoms with Crippen molar-refractivity contribution in [2.24, 2.45) is 0 Å². The largest absolute Gasteiger partial charge is 0.472 e. The van der Waals surface area contributed by atoms with Crippen LogP contribution >= 0.6 is 7.82 Å². The molecule has 0 saturated carbocycles. The molecule has 59 heavy (non-hydrogen) atoms. The van der Waals surface area contributed by atoms with E-state index < -0.39 is 33.2 Å². The van der Waals surface area contributed by atoms with Gasteiger partial charge in [-0.05, 0) is 38.5 Å². The van der Waals surface area contributed by atoms with Gasteiger partial charge in [0.25, 0.3) is 0 Å². The first-order valence-electron chi connectivity index (χ1n) is 25.2. The lowest BCUT2D eigenvalue weighted by Gasteiger charge is -2.20. The zero-order valence-electron chi connectivity index (χ0n) is 38.7. The predicted octanol–water partition coefficient (Wildman–Crippen LogP) is 14.4. The van der Waals surface area contributed by atoms with E-state index >= 15 is 0 Å². The highest BCUT2D eigenvalue weighted by Crippen LogP contribution is 2.43. The summed E-state index contributed by atoms with van der Waals surface area (Å²) in [4.78, 5) is 22.7. The van der Waals surface area contributed by atoms with Gasteiger partial charge in [-0.15, -0.1) is 0 Å². The van der Waals surface area contributed by atoms with Gasteiger partial charge in [0.15, 0.2) is 0 Å². The number of rotatable bonds is 49. The van der Waals surface area contributed by atoms with Crippen molar-refractivity contribution in [1.29, 1.82) is 0 Å². The number of unbranched alkanes of at least 4 members (excludes halogenated alkanes) is 33. The summed E-state index contributed by atoms with van der Waals surface area (Å²) < 4.78 is 33.5. The SMILES string of the molecule is CCCCCCCC/C=C\CCCCCCCCOCC(COP(=O)(O)OCC(O)CO)OC(=O)CCCCCCCCCCCCCCCCCCCCCCCC. The predicted molar refractivity (Wildman–Crippen MR) is 247 cm³/mol. The van der Waals surface area contributed by atoms with Crippen molar-refractivity contribution in [2.75, 3.05) is 33.0 Å². The van der Waals surface area contributed by atoms with Crippen molar-refractivity contribution in [2.45, 2.75) is 264 Å². The van der Waals surface area contributed by atoms with E-state index in [0.717, 1.165) is 44.9 Å². The van der Waals surface area contributed by atoms with Crippen molar-refractivity contribution in [3.63, 3.8) is 0 Å². The van der Waals surface area contributed by atoms with E-state index in [2.05, 4.69) is 26.0 Å². The second-order valence-corrected chi connectivity index (χ2v) is 18.6. The first kappa shape index (κ1) is 58.2. The fraction of sp³-hybridized carbons (Fsp3) is 0.939. The quantitative estimate of drug-likeness (QED) is 0.0237. The summed E-state index contributed by atoms with van der Waals surface area (Å²) in [6.45, 7) is 3.56. The third-order valence-electron chi connectivity index (χ3n) is 11.2. The smallest absolute Gasteiger partial charge is 0.457 e. The number of phosphoric ester groups is 1. The Kier molecular flexibility index (Phi) is 46.1. The monoisotopic (exact) mass is 861 g/mol. The van der Waals surface area contributed by atoms with E-state index in [1.807, 2.05) is 0 Å². The van der Waals surface area contributed by atoms with E-state index in [4.69, 9.17) is 23.6 Å². The van der Waals surface area contributed by atoms with Gasteiger partial charge in [0, 0.05) is 13.0 Å². The van der Waals surface area contributed by atoms with Crippen LogP contribution in [0.2, 0.25) is 0 Å². The summed E-state index contributed by atoms with van der Waals surface area (Å²) in [5.41, 5.74) is 0. The van der Waals surface area contributed by atoms with Crippen LogP contribution in [0.25, 0.3) is 0 Å². The Hall–Kier alpha value is -0.800. The molecule has 10 heteroatoms. The molecule has 0 aliphatic rings. The molecular weight excluding hydrogens is 764 g/mol. The molecule has 0 spiro atoms. The van der Waals surface area contributed by atoms with Crippen LogP contribution in [0.5, 0.6) is 0 Å². The highest BCUT2D eigenvalue weighted by atomic mass is 31.2. The second kappa shape index (κ2) is 46.7. The van der Waals surface area contributed by atoms with Crippen LogP contribution in [0, 0.1) is 0 Å². The minimum Gasteiger partial charge on any atom is -0.457 e. The Morgan fingerprint density at radius 2 is 0.864 bits per heavy atom. The number of carbonyl (C=O) groups is 1. The van der Waals surface area contributed by atoms with Crippen LogP contribution in [0.4, 0.5) is 0 Å². The third kappa shape index (κ3) is 46.5. The molecule has 3 atom stereocenters. The van der Waals surface area contributed by atoms with Crippen molar-refractivity contribution >= 4 is 13.8 Å². The first-order chi connectivity index (χ1) is 28.8. The van der Waals surface area contributed by atoms with E-state index in [9.17, 15) is 19.4 Å². The summed E-state index contributed by atoms with van der Waals surface area (Å²) in [7, 11) is -4.52. The average Bonchev–Trinajstić information content (AvgIpc) is 3.23. The Labute approximate surface area is 364 Å². The number of hydrogen-bond donors (Lipinski definition) is 3. The van der Waals surface area contributed by atoms with Gasteiger partial charge in [-0.3, -0.25) is 13.8 Å². The normalized spacial score (nSPS) is 13.9. The van der Waals surface area contributed by atoms with Crippen molar-refractivity contribution < 1.29 is 43.0 Å². The van der Waals surface area contributed by atoms with Crippen LogP contribution < -0.4 is 0 Å². The fourth-order valence-corrected chi connectivity index (χ4v) is 8.14. The lowest BCUT2D eigenvalue weighted by molar-refractivity contribution is -0.154. The highest BCUT2D eigenvalue weighted by molar-refractivity contribution is 7.47. The molecule has 0 aliphatic heterocycles. The number of esters is 1. The topological polar surface area (TPSA) is 132 Å². The van der Waals surface area contributed by atoms with Gasteiger partial charge in [-0.2, -0.15) is 0 Å². The Bertz CT molecular complexity index is 933. The summed E-state index contributed by atoms with van der Waals surface area (Å²) in [6.07, 6.45) is 48.9. The average molecular weight is 861 g/mol.